The van der Waals surface area contributed by atoms with Crippen LogP contribution in [0.1, 0.15) is 25.6 Å². The summed E-state index contributed by atoms with van der Waals surface area (Å²) >= 11 is 0. The van der Waals surface area contributed by atoms with Gasteiger partial charge in [-0.2, -0.15) is 5.26 Å². The van der Waals surface area contributed by atoms with Crippen LogP contribution in [0.15, 0.2) is 30.0 Å². The zero-order valence-corrected chi connectivity index (χ0v) is 12.1. The Morgan fingerprint density at radius 1 is 1.38 bits per heavy atom. The second-order valence-corrected chi connectivity index (χ2v) is 5.56. The summed E-state index contributed by atoms with van der Waals surface area (Å²) in [6, 6.07) is 9.64. The van der Waals surface area contributed by atoms with Crippen LogP contribution < -0.4 is 4.90 Å². The van der Waals surface area contributed by atoms with E-state index in [1.54, 1.807) is 0 Å². The highest BCUT2D eigenvalue weighted by atomic mass is 16.3. The van der Waals surface area contributed by atoms with Crippen molar-refractivity contribution in [2.45, 2.75) is 25.8 Å². The molecule has 0 aliphatic carbocycles. The van der Waals surface area contributed by atoms with Crippen LogP contribution in [0.3, 0.4) is 0 Å². The Balaban J connectivity index is 1.99. The first kappa shape index (κ1) is 13.7. The lowest BCUT2D eigenvalue weighted by atomic mass is 10.1. The molecule has 0 amide bonds. The van der Waals surface area contributed by atoms with Crippen molar-refractivity contribution in [2.75, 3.05) is 13.1 Å². The molecule has 1 aromatic heterocycles. The molecule has 0 bridgehead atoms. The quantitative estimate of drug-likeness (QED) is 0.589. The number of aromatic nitrogens is 2. The van der Waals surface area contributed by atoms with Crippen molar-refractivity contribution in [2.24, 2.45) is 0 Å². The molecule has 1 saturated heterocycles. The molecule has 1 aromatic carbocycles. The summed E-state index contributed by atoms with van der Waals surface area (Å²) in [5, 5.41) is 19.9. The molecule has 3 rings (SSSR count). The van der Waals surface area contributed by atoms with Crippen LogP contribution in [0.25, 0.3) is 16.6 Å². The third-order valence-electron chi connectivity index (χ3n) is 4.26. The average Bonchev–Trinajstić information content (AvgIpc) is 3.16. The second-order valence-electron chi connectivity index (χ2n) is 5.56. The normalized spacial score (nSPS) is 18.5. The fraction of sp³-hybridized carbons (Fsp3) is 0.375. The number of quaternary nitrogens is 1. The van der Waals surface area contributed by atoms with Crippen LogP contribution in [0.2, 0.25) is 0 Å². The Kier molecular flexibility index (Phi) is 3.63. The Bertz CT molecular complexity index is 686. The van der Waals surface area contributed by atoms with E-state index in [2.05, 4.69) is 16.0 Å². The van der Waals surface area contributed by atoms with E-state index < -0.39 is 0 Å². The van der Waals surface area contributed by atoms with Gasteiger partial charge in [-0.25, -0.2) is 4.98 Å². The molecule has 108 valence electrons. The first-order valence-electron chi connectivity index (χ1n) is 7.33. The first-order valence-corrected chi connectivity index (χ1v) is 7.33. The molecule has 0 saturated carbocycles. The minimum atomic E-state index is -0.0737. The number of benzene rings is 1. The van der Waals surface area contributed by atoms with E-state index in [0.717, 1.165) is 24.1 Å². The molecule has 1 aliphatic rings. The van der Waals surface area contributed by atoms with Gasteiger partial charge in [-0.1, -0.05) is 12.1 Å². The van der Waals surface area contributed by atoms with Gasteiger partial charge in [0.1, 0.15) is 17.7 Å². The van der Waals surface area contributed by atoms with Gasteiger partial charge >= 0.3 is 0 Å². The maximum absolute atomic E-state index is 10.5. The van der Waals surface area contributed by atoms with E-state index in [4.69, 9.17) is 0 Å². The number of H-pyrrole nitrogens is 1. The molecule has 0 spiro atoms. The Morgan fingerprint density at radius 3 is 2.76 bits per heavy atom. The number of aliphatic hydroxyl groups excluding tert-OH is 1. The van der Waals surface area contributed by atoms with Gasteiger partial charge in [0.05, 0.1) is 24.1 Å². The van der Waals surface area contributed by atoms with Gasteiger partial charge in [-0.3, -0.25) is 0 Å². The number of hydrogen-bond donors (Lipinski definition) is 3. The first-order chi connectivity index (χ1) is 10.2. The number of para-hydroxylation sites is 2. The number of rotatable bonds is 3. The summed E-state index contributed by atoms with van der Waals surface area (Å²) in [7, 11) is 0. The molecule has 1 fully saturated rings. The van der Waals surface area contributed by atoms with Gasteiger partial charge in [-0.05, 0) is 19.1 Å². The van der Waals surface area contributed by atoms with E-state index in [9.17, 15) is 10.4 Å². The minimum absolute atomic E-state index is 0.0737. The molecule has 3 N–H and O–H groups in total. The number of nitriles is 1. The van der Waals surface area contributed by atoms with Gasteiger partial charge in [0.2, 0.25) is 0 Å². The summed E-state index contributed by atoms with van der Waals surface area (Å²) in [5.41, 5.74) is 1.92. The minimum Gasteiger partial charge on any atom is -0.505 e. The predicted molar refractivity (Wildman–Crippen MR) is 80.6 cm³/mol. The number of nitrogens with zero attached hydrogens (tertiary/aromatic N) is 2. The van der Waals surface area contributed by atoms with E-state index in [-0.39, 0.29) is 17.4 Å². The summed E-state index contributed by atoms with van der Waals surface area (Å²) in [6.07, 6.45) is 2.36. The number of fused-ring (bicyclic) bond motifs is 1. The number of imidazole rings is 1. The SMILES string of the molecule is C[C@H](/C(O)=C(\C#N)c1nc2ccccc2[nH]1)[NH+]1CCCC1. The van der Waals surface area contributed by atoms with Crippen LogP contribution in [0.5, 0.6) is 0 Å². The molecule has 2 heterocycles. The van der Waals surface area contributed by atoms with E-state index >= 15 is 0 Å². The molecule has 5 heteroatoms. The number of nitrogens with one attached hydrogen (secondary N) is 2. The van der Waals surface area contributed by atoms with E-state index in [0.29, 0.717) is 5.82 Å². The highest BCUT2D eigenvalue weighted by molar-refractivity contribution is 5.82. The van der Waals surface area contributed by atoms with E-state index in [1.807, 2.05) is 31.2 Å². The molecular formula is C16H19N4O+. The Morgan fingerprint density at radius 2 is 2.10 bits per heavy atom. The van der Waals surface area contributed by atoms with Gasteiger partial charge in [0.15, 0.2) is 11.6 Å². The lowest BCUT2D eigenvalue weighted by Crippen LogP contribution is -3.13. The molecule has 2 aromatic rings. The molecule has 1 aliphatic heterocycles. The monoisotopic (exact) mass is 283 g/mol. The number of allylic oxidation sites excluding steroid dienone is 1. The summed E-state index contributed by atoms with van der Waals surface area (Å²) in [5.74, 6) is 0.579. The van der Waals surface area contributed by atoms with Crippen LogP contribution >= 0.6 is 0 Å². The topological polar surface area (TPSA) is 77.1 Å². The van der Waals surface area contributed by atoms with Crippen molar-refractivity contribution < 1.29 is 10.0 Å². The molecule has 21 heavy (non-hydrogen) atoms. The molecule has 0 unspecified atom stereocenters. The molecule has 0 radical (unpaired) electrons. The largest absolute Gasteiger partial charge is 0.505 e. The van der Waals surface area contributed by atoms with Crippen molar-refractivity contribution in [3.05, 3.63) is 35.8 Å². The van der Waals surface area contributed by atoms with Crippen LogP contribution in [-0.4, -0.2) is 34.2 Å². The Hall–Kier alpha value is -2.32. The van der Waals surface area contributed by atoms with Crippen molar-refractivity contribution in [1.29, 1.82) is 5.26 Å². The third kappa shape index (κ3) is 2.50. The third-order valence-corrected chi connectivity index (χ3v) is 4.26. The summed E-state index contributed by atoms with van der Waals surface area (Å²) in [4.78, 5) is 8.85. The van der Waals surface area contributed by atoms with Crippen LogP contribution in [0, 0.1) is 11.3 Å². The van der Waals surface area contributed by atoms with E-state index in [1.165, 1.54) is 17.7 Å². The number of likely N-dealkylation sites (tertiary alicyclic amines) is 1. The van der Waals surface area contributed by atoms with Gasteiger partial charge in [0, 0.05) is 12.8 Å². The highest BCUT2D eigenvalue weighted by Gasteiger charge is 2.28. The second kappa shape index (κ2) is 5.58. The summed E-state index contributed by atoms with van der Waals surface area (Å²) in [6.45, 7) is 4.06. The Labute approximate surface area is 123 Å². The van der Waals surface area contributed by atoms with Crippen molar-refractivity contribution in [3.8, 4) is 6.07 Å². The zero-order chi connectivity index (χ0) is 14.8. The smallest absolute Gasteiger partial charge is 0.172 e. The van der Waals surface area contributed by atoms with Gasteiger partial charge < -0.3 is 15.0 Å². The zero-order valence-electron chi connectivity index (χ0n) is 12.1. The van der Waals surface area contributed by atoms with Crippen LogP contribution in [0.4, 0.5) is 0 Å². The van der Waals surface area contributed by atoms with Gasteiger partial charge in [0.25, 0.3) is 0 Å². The van der Waals surface area contributed by atoms with Crippen LogP contribution in [-0.2, 0) is 0 Å². The number of hydrogen-bond acceptors (Lipinski definition) is 3. The number of aromatic amines is 1. The summed E-state index contributed by atoms with van der Waals surface area (Å²) < 4.78 is 0. The standard InChI is InChI=1S/C16H18N4O/c1-11(20-8-4-5-9-20)15(21)12(10-17)16-18-13-6-2-3-7-14(13)19-16/h2-3,6-7,11,21H,4-5,8-9H2,1H3,(H,18,19)/p+1/b15-12-/t11-/m1/s1. The van der Waals surface area contributed by atoms with Gasteiger partial charge in [-0.15, -0.1) is 0 Å². The maximum Gasteiger partial charge on any atom is 0.172 e. The number of aliphatic hydroxyl groups is 1. The maximum atomic E-state index is 10.5. The highest BCUT2D eigenvalue weighted by Crippen LogP contribution is 2.19. The fourth-order valence-electron chi connectivity index (χ4n) is 2.97. The lowest BCUT2D eigenvalue weighted by molar-refractivity contribution is -0.907. The van der Waals surface area contributed by atoms with Crippen molar-refractivity contribution in [1.82, 2.24) is 9.97 Å². The van der Waals surface area contributed by atoms with Crippen molar-refractivity contribution in [3.63, 3.8) is 0 Å². The average molecular weight is 283 g/mol. The molecule has 1 atom stereocenters. The molecular weight excluding hydrogens is 264 g/mol. The lowest BCUT2D eigenvalue weighted by Gasteiger charge is -2.20. The predicted octanol–water partition coefficient (Wildman–Crippen LogP) is 1.42. The van der Waals surface area contributed by atoms with Crippen molar-refractivity contribution >= 4 is 16.6 Å². The fourth-order valence-corrected chi connectivity index (χ4v) is 2.97. The molecule has 5 nitrogen and oxygen atoms in total.